The molecule has 1 heterocycles. The Kier molecular flexibility index (Phi) is 9.72. The first-order chi connectivity index (χ1) is 8.43. The Morgan fingerprint density at radius 3 is 2.59 bits per heavy atom. The molecule has 1 rings (SSSR count). The van der Waals surface area contributed by atoms with E-state index in [4.69, 9.17) is 4.74 Å². The van der Waals surface area contributed by atoms with Crippen molar-refractivity contribution in [2.45, 2.75) is 77.2 Å². The van der Waals surface area contributed by atoms with Crippen LogP contribution in [0.5, 0.6) is 0 Å². The van der Waals surface area contributed by atoms with Gasteiger partial charge in [-0.3, -0.25) is 0 Å². The van der Waals surface area contributed by atoms with Crippen LogP contribution in [0.1, 0.15) is 71.1 Å². The second-order valence-electron chi connectivity index (χ2n) is 5.30. The topological polar surface area (TPSA) is 21.3 Å². The summed E-state index contributed by atoms with van der Waals surface area (Å²) in [5.74, 6) is 0. The molecule has 0 aromatic carbocycles. The molecule has 0 spiro atoms. The van der Waals surface area contributed by atoms with E-state index in [-0.39, 0.29) is 0 Å². The van der Waals surface area contributed by atoms with Gasteiger partial charge in [0, 0.05) is 6.61 Å². The number of unbranched alkanes of at least 4 members (excludes halogenated alkanes) is 5. The number of ether oxygens (including phenoxy) is 1. The molecule has 102 valence electrons. The van der Waals surface area contributed by atoms with Gasteiger partial charge in [-0.2, -0.15) is 0 Å². The van der Waals surface area contributed by atoms with Crippen LogP contribution in [0.3, 0.4) is 0 Å². The van der Waals surface area contributed by atoms with Gasteiger partial charge in [-0.25, -0.2) is 0 Å². The van der Waals surface area contributed by atoms with Crippen molar-refractivity contribution in [3.8, 4) is 0 Å². The lowest BCUT2D eigenvalue weighted by Gasteiger charge is -2.22. The summed E-state index contributed by atoms with van der Waals surface area (Å²) in [6, 6.07) is 0. The largest absolute Gasteiger partial charge is 0.378 e. The molecule has 1 atom stereocenters. The van der Waals surface area contributed by atoms with Crippen LogP contribution in [-0.4, -0.2) is 25.8 Å². The molecule has 1 N–H and O–H groups in total. The van der Waals surface area contributed by atoms with Crippen molar-refractivity contribution in [3.05, 3.63) is 0 Å². The molecule has 0 aliphatic carbocycles. The Balaban J connectivity index is 1.75. The fraction of sp³-hybridized carbons (Fsp3) is 1.00. The second-order valence-corrected chi connectivity index (χ2v) is 5.30. The zero-order valence-electron chi connectivity index (χ0n) is 11.7. The standard InChI is InChI=1S/C15H31NO/c1-2-3-4-5-6-8-12-16-13-11-15-10-7-9-14-17-15/h15-16H,2-14H2,1H3. The van der Waals surface area contributed by atoms with Crippen molar-refractivity contribution in [1.82, 2.24) is 5.32 Å². The highest BCUT2D eigenvalue weighted by Gasteiger charge is 2.12. The minimum Gasteiger partial charge on any atom is -0.378 e. The van der Waals surface area contributed by atoms with Crippen LogP contribution < -0.4 is 5.32 Å². The lowest BCUT2D eigenvalue weighted by atomic mass is 10.1. The van der Waals surface area contributed by atoms with E-state index in [0.29, 0.717) is 6.10 Å². The van der Waals surface area contributed by atoms with Crippen molar-refractivity contribution in [1.29, 1.82) is 0 Å². The Hall–Kier alpha value is -0.0800. The summed E-state index contributed by atoms with van der Waals surface area (Å²) in [5.41, 5.74) is 0. The summed E-state index contributed by atoms with van der Waals surface area (Å²) in [5, 5.41) is 3.54. The summed E-state index contributed by atoms with van der Waals surface area (Å²) in [6.45, 7) is 5.59. The van der Waals surface area contributed by atoms with E-state index in [0.717, 1.165) is 13.2 Å². The normalized spacial score (nSPS) is 20.6. The fourth-order valence-electron chi connectivity index (χ4n) is 2.45. The lowest BCUT2D eigenvalue weighted by molar-refractivity contribution is 0.0116. The van der Waals surface area contributed by atoms with Crippen LogP contribution in [0.15, 0.2) is 0 Å². The van der Waals surface area contributed by atoms with E-state index in [9.17, 15) is 0 Å². The highest BCUT2D eigenvalue weighted by molar-refractivity contribution is 4.64. The van der Waals surface area contributed by atoms with Crippen molar-refractivity contribution >= 4 is 0 Å². The molecule has 0 aromatic rings. The predicted octanol–water partition coefficient (Wildman–Crippen LogP) is 3.90. The van der Waals surface area contributed by atoms with Gasteiger partial charge in [0.1, 0.15) is 0 Å². The molecule has 1 saturated heterocycles. The monoisotopic (exact) mass is 241 g/mol. The average Bonchev–Trinajstić information content (AvgIpc) is 2.38. The molecule has 0 radical (unpaired) electrons. The highest BCUT2D eigenvalue weighted by atomic mass is 16.5. The van der Waals surface area contributed by atoms with Gasteiger partial charge < -0.3 is 10.1 Å². The molecule has 0 saturated carbocycles. The maximum atomic E-state index is 5.71. The van der Waals surface area contributed by atoms with Gasteiger partial charge >= 0.3 is 0 Å². The van der Waals surface area contributed by atoms with E-state index in [1.807, 2.05) is 0 Å². The maximum absolute atomic E-state index is 5.71. The SMILES string of the molecule is CCCCCCCCNCCC1CCCCO1. The van der Waals surface area contributed by atoms with Crippen LogP contribution in [0.2, 0.25) is 0 Å². The summed E-state index contributed by atoms with van der Waals surface area (Å²) in [6.07, 6.45) is 14.0. The van der Waals surface area contributed by atoms with Gasteiger partial charge in [0.15, 0.2) is 0 Å². The molecule has 0 amide bonds. The third-order valence-electron chi connectivity index (χ3n) is 3.62. The van der Waals surface area contributed by atoms with Crippen LogP contribution in [0, 0.1) is 0 Å². The number of hydrogen-bond acceptors (Lipinski definition) is 2. The minimum absolute atomic E-state index is 0.542. The van der Waals surface area contributed by atoms with E-state index >= 15 is 0 Å². The quantitative estimate of drug-likeness (QED) is 0.586. The predicted molar refractivity (Wildman–Crippen MR) is 74.5 cm³/mol. The van der Waals surface area contributed by atoms with E-state index in [1.54, 1.807) is 0 Å². The zero-order valence-corrected chi connectivity index (χ0v) is 11.7. The van der Waals surface area contributed by atoms with Gasteiger partial charge in [-0.05, 0) is 45.2 Å². The van der Waals surface area contributed by atoms with E-state index in [2.05, 4.69) is 12.2 Å². The van der Waals surface area contributed by atoms with Crippen molar-refractivity contribution in [2.75, 3.05) is 19.7 Å². The molecular formula is C15H31NO. The fourth-order valence-corrected chi connectivity index (χ4v) is 2.45. The van der Waals surface area contributed by atoms with Crippen LogP contribution in [-0.2, 0) is 4.74 Å². The van der Waals surface area contributed by atoms with Crippen LogP contribution >= 0.6 is 0 Å². The molecule has 1 unspecified atom stereocenters. The smallest absolute Gasteiger partial charge is 0.0587 e. The summed E-state index contributed by atoms with van der Waals surface area (Å²) in [7, 11) is 0. The number of nitrogens with one attached hydrogen (secondary N) is 1. The van der Waals surface area contributed by atoms with Crippen molar-refractivity contribution < 1.29 is 4.74 Å². The Morgan fingerprint density at radius 1 is 1.00 bits per heavy atom. The summed E-state index contributed by atoms with van der Waals surface area (Å²) < 4.78 is 5.71. The van der Waals surface area contributed by atoms with Gasteiger partial charge in [-0.15, -0.1) is 0 Å². The molecule has 1 fully saturated rings. The Labute approximate surface area is 108 Å². The first-order valence-corrected chi connectivity index (χ1v) is 7.76. The van der Waals surface area contributed by atoms with Crippen molar-refractivity contribution in [2.24, 2.45) is 0 Å². The molecule has 17 heavy (non-hydrogen) atoms. The molecular weight excluding hydrogens is 210 g/mol. The highest BCUT2D eigenvalue weighted by Crippen LogP contribution is 2.14. The molecule has 0 aromatic heterocycles. The molecule has 2 nitrogen and oxygen atoms in total. The van der Waals surface area contributed by atoms with Gasteiger partial charge in [0.2, 0.25) is 0 Å². The van der Waals surface area contributed by atoms with Gasteiger partial charge in [0.05, 0.1) is 6.10 Å². The first-order valence-electron chi connectivity index (χ1n) is 7.76. The molecule has 1 aliphatic heterocycles. The molecule has 1 aliphatic rings. The van der Waals surface area contributed by atoms with E-state index in [1.165, 1.54) is 70.8 Å². The van der Waals surface area contributed by atoms with E-state index < -0.39 is 0 Å². The Morgan fingerprint density at radius 2 is 1.82 bits per heavy atom. The first kappa shape index (κ1) is 15.0. The van der Waals surface area contributed by atoms with Crippen LogP contribution in [0.25, 0.3) is 0 Å². The lowest BCUT2D eigenvalue weighted by Crippen LogP contribution is -2.25. The molecule has 2 heteroatoms. The van der Waals surface area contributed by atoms with Gasteiger partial charge in [-0.1, -0.05) is 39.0 Å². The van der Waals surface area contributed by atoms with Crippen LogP contribution in [0.4, 0.5) is 0 Å². The zero-order chi connectivity index (χ0) is 12.2. The third kappa shape index (κ3) is 8.62. The van der Waals surface area contributed by atoms with Gasteiger partial charge in [0.25, 0.3) is 0 Å². The maximum Gasteiger partial charge on any atom is 0.0587 e. The number of hydrogen-bond donors (Lipinski definition) is 1. The third-order valence-corrected chi connectivity index (χ3v) is 3.62. The number of rotatable bonds is 10. The molecule has 0 bridgehead atoms. The summed E-state index contributed by atoms with van der Waals surface area (Å²) in [4.78, 5) is 0. The second kappa shape index (κ2) is 11.0. The average molecular weight is 241 g/mol. The van der Waals surface area contributed by atoms with Crippen molar-refractivity contribution in [3.63, 3.8) is 0 Å². The minimum atomic E-state index is 0.542. The summed E-state index contributed by atoms with van der Waals surface area (Å²) >= 11 is 0. The Bertz CT molecular complexity index is 155.